The highest BCUT2D eigenvalue weighted by atomic mass is 15.1. The van der Waals surface area contributed by atoms with Crippen LogP contribution in [0.25, 0.3) is 0 Å². The van der Waals surface area contributed by atoms with Gasteiger partial charge >= 0.3 is 0 Å². The van der Waals surface area contributed by atoms with Crippen molar-refractivity contribution in [1.29, 1.82) is 0 Å². The molecule has 0 aliphatic rings. The summed E-state index contributed by atoms with van der Waals surface area (Å²) in [6.07, 6.45) is 4.95. The Labute approximate surface area is 106 Å². The van der Waals surface area contributed by atoms with Crippen molar-refractivity contribution in [2.24, 2.45) is 5.73 Å². The van der Waals surface area contributed by atoms with Crippen molar-refractivity contribution in [2.45, 2.75) is 13.0 Å². The van der Waals surface area contributed by atoms with Gasteiger partial charge in [0.15, 0.2) is 0 Å². The molecule has 18 heavy (non-hydrogen) atoms. The van der Waals surface area contributed by atoms with Crippen LogP contribution in [0.4, 0.5) is 17.3 Å². The molecule has 0 bridgehead atoms. The first-order chi connectivity index (χ1) is 8.74. The van der Waals surface area contributed by atoms with Crippen LogP contribution in [0, 0.1) is 0 Å². The largest absolute Gasteiger partial charge is 0.368 e. The fourth-order valence-corrected chi connectivity index (χ4v) is 1.37. The van der Waals surface area contributed by atoms with Gasteiger partial charge < -0.3 is 16.4 Å². The van der Waals surface area contributed by atoms with Crippen LogP contribution in [-0.2, 0) is 0 Å². The predicted octanol–water partition coefficient (Wildman–Crippen LogP) is 1.37. The summed E-state index contributed by atoms with van der Waals surface area (Å²) in [7, 11) is 0. The third-order valence-corrected chi connectivity index (χ3v) is 2.22. The predicted molar refractivity (Wildman–Crippen MR) is 71.7 cm³/mol. The average Bonchev–Trinajstić information content (AvgIpc) is 2.38. The van der Waals surface area contributed by atoms with E-state index >= 15 is 0 Å². The molecule has 1 unspecified atom stereocenters. The zero-order chi connectivity index (χ0) is 12.8. The van der Waals surface area contributed by atoms with Crippen LogP contribution in [0.15, 0.2) is 36.9 Å². The molecule has 94 valence electrons. The van der Waals surface area contributed by atoms with Gasteiger partial charge in [-0.1, -0.05) is 0 Å². The van der Waals surface area contributed by atoms with Gasteiger partial charge in [-0.25, -0.2) is 9.97 Å². The van der Waals surface area contributed by atoms with Crippen molar-refractivity contribution < 1.29 is 0 Å². The Bertz CT molecular complexity index is 485. The molecule has 6 nitrogen and oxygen atoms in total. The lowest BCUT2D eigenvalue weighted by Gasteiger charge is -2.09. The molecular weight excluding hydrogens is 228 g/mol. The Morgan fingerprint density at radius 1 is 1.22 bits per heavy atom. The fourth-order valence-electron chi connectivity index (χ4n) is 1.37. The summed E-state index contributed by atoms with van der Waals surface area (Å²) < 4.78 is 0. The third kappa shape index (κ3) is 3.67. The van der Waals surface area contributed by atoms with E-state index in [0.29, 0.717) is 6.54 Å². The van der Waals surface area contributed by atoms with Crippen molar-refractivity contribution in [2.75, 3.05) is 17.2 Å². The summed E-state index contributed by atoms with van der Waals surface area (Å²) in [5.74, 6) is 1.47. The minimum atomic E-state index is 0.0802. The molecule has 2 heterocycles. The highest BCUT2D eigenvalue weighted by molar-refractivity contribution is 5.57. The second kappa shape index (κ2) is 5.92. The Balaban J connectivity index is 2.03. The number of hydrogen-bond acceptors (Lipinski definition) is 6. The van der Waals surface area contributed by atoms with Crippen LogP contribution in [0.3, 0.4) is 0 Å². The highest BCUT2D eigenvalue weighted by Gasteiger charge is 2.00. The number of hydrogen-bond donors (Lipinski definition) is 3. The van der Waals surface area contributed by atoms with E-state index in [-0.39, 0.29) is 6.04 Å². The summed E-state index contributed by atoms with van der Waals surface area (Å²) in [5.41, 5.74) is 6.61. The molecule has 0 aliphatic heterocycles. The van der Waals surface area contributed by atoms with Gasteiger partial charge in [-0.15, -0.1) is 0 Å². The molecule has 0 radical (unpaired) electrons. The first-order valence-corrected chi connectivity index (χ1v) is 5.72. The molecule has 2 rings (SSSR count). The highest BCUT2D eigenvalue weighted by Crippen LogP contribution is 2.14. The van der Waals surface area contributed by atoms with Gasteiger partial charge in [-0.3, -0.25) is 4.98 Å². The van der Waals surface area contributed by atoms with Crippen molar-refractivity contribution >= 4 is 17.3 Å². The van der Waals surface area contributed by atoms with Crippen molar-refractivity contribution in [3.05, 3.63) is 36.9 Å². The third-order valence-electron chi connectivity index (χ3n) is 2.22. The average molecular weight is 244 g/mol. The first-order valence-electron chi connectivity index (χ1n) is 5.72. The van der Waals surface area contributed by atoms with Gasteiger partial charge in [0.2, 0.25) is 0 Å². The minimum absolute atomic E-state index is 0.0802. The molecule has 0 aliphatic carbocycles. The maximum Gasteiger partial charge on any atom is 0.135 e. The maximum absolute atomic E-state index is 5.67. The standard InChI is InChI=1S/C12H16N6/c1-9(13)7-15-11-6-12(17-8-16-11)18-10-2-4-14-5-3-10/h2-6,8-9H,7,13H2,1H3,(H2,14,15,16,17,18). The van der Waals surface area contributed by atoms with E-state index in [2.05, 4.69) is 25.6 Å². The molecule has 6 heteroatoms. The zero-order valence-electron chi connectivity index (χ0n) is 10.2. The zero-order valence-corrected chi connectivity index (χ0v) is 10.2. The Kier molecular flexibility index (Phi) is 4.03. The lowest BCUT2D eigenvalue weighted by Crippen LogP contribution is -2.25. The monoisotopic (exact) mass is 244 g/mol. The molecular formula is C12H16N6. The number of nitrogens with zero attached hydrogens (tertiary/aromatic N) is 3. The molecule has 2 aromatic rings. The molecule has 1 atom stereocenters. The van der Waals surface area contributed by atoms with Gasteiger partial charge in [0.25, 0.3) is 0 Å². The molecule has 0 saturated heterocycles. The number of pyridine rings is 1. The van der Waals surface area contributed by atoms with Gasteiger partial charge in [0.1, 0.15) is 18.0 Å². The fraction of sp³-hybridized carbons (Fsp3) is 0.250. The van der Waals surface area contributed by atoms with Crippen molar-refractivity contribution in [3.63, 3.8) is 0 Å². The number of nitrogens with two attached hydrogens (primary N) is 1. The van der Waals surface area contributed by atoms with Crippen LogP contribution >= 0.6 is 0 Å². The van der Waals surface area contributed by atoms with Crippen LogP contribution in [0.1, 0.15) is 6.92 Å². The minimum Gasteiger partial charge on any atom is -0.368 e. The molecule has 0 saturated carbocycles. The Hall–Kier alpha value is -2.21. The van der Waals surface area contributed by atoms with Crippen molar-refractivity contribution in [1.82, 2.24) is 15.0 Å². The van der Waals surface area contributed by atoms with Gasteiger partial charge in [0.05, 0.1) is 0 Å². The van der Waals surface area contributed by atoms with E-state index in [1.54, 1.807) is 12.4 Å². The lowest BCUT2D eigenvalue weighted by atomic mass is 10.3. The second-order valence-corrected chi connectivity index (χ2v) is 4.01. The second-order valence-electron chi connectivity index (χ2n) is 4.01. The van der Waals surface area contributed by atoms with Crippen LogP contribution in [-0.4, -0.2) is 27.5 Å². The van der Waals surface area contributed by atoms with Gasteiger partial charge in [-0.2, -0.15) is 0 Å². The van der Waals surface area contributed by atoms with E-state index in [1.807, 2.05) is 25.1 Å². The molecule has 4 N–H and O–H groups in total. The maximum atomic E-state index is 5.67. The topological polar surface area (TPSA) is 88.8 Å². The Morgan fingerprint density at radius 2 is 1.94 bits per heavy atom. The Morgan fingerprint density at radius 3 is 2.67 bits per heavy atom. The van der Waals surface area contributed by atoms with Crippen LogP contribution in [0.2, 0.25) is 0 Å². The van der Waals surface area contributed by atoms with Crippen molar-refractivity contribution in [3.8, 4) is 0 Å². The number of rotatable bonds is 5. The van der Waals surface area contributed by atoms with E-state index in [9.17, 15) is 0 Å². The number of nitrogens with one attached hydrogen (secondary N) is 2. The quantitative estimate of drug-likeness (QED) is 0.736. The van der Waals surface area contributed by atoms with Crippen LogP contribution < -0.4 is 16.4 Å². The normalized spacial score (nSPS) is 11.9. The summed E-state index contributed by atoms with van der Waals surface area (Å²) in [6, 6.07) is 5.66. The van der Waals surface area contributed by atoms with E-state index in [1.165, 1.54) is 6.33 Å². The van der Waals surface area contributed by atoms with E-state index in [4.69, 9.17) is 5.73 Å². The molecule has 0 fully saturated rings. The summed E-state index contributed by atoms with van der Waals surface area (Å²) in [6.45, 7) is 2.61. The number of aromatic nitrogens is 3. The summed E-state index contributed by atoms with van der Waals surface area (Å²) in [5, 5.41) is 6.31. The summed E-state index contributed by atoms with van der Waals surface area (Å²) in [4.78, 5) is 12.2. The van der Waals surface area contributed by atoms with E-state index < -0.39 is 0 Å². The smallest absolute Gasteiger partial charge is 0.135 e. The van der Waals surface area contributed by atoms with Gasteiger partial charge in [-0.05, 0) is 19.1 Å². The van der Waals surface area contributed by atoms with Gasteiger partial charge in [0, 0.05) is 36.7 Å². The molecule has 0 aromatic carbocycles. The number of anilines is 3. The first kappa shape index (κ1) is 12.3. The molecule has 2 aromatic heterocycles. The van der Waals surface area contributed by atoms with E-state index in [0.717, 1.165) is 17.3 Å². The molecule has 0 amide bonds. The van der Waals surface area contributed by atoms with Crippen LogP contribution in [0.5, 0.6) is 0 Å². The summed E-state index contributed by atoms with van der Waals surface area (Å²) >= 11 is 0. The molecule has 0 spiro atoms. The lowest BCUT2D eigenvalue weighted by molar-refractivity contribution is 0.777. The SMILES string of the molecule is CC(N)CNc1cc(Nc2ccncc2)ncn1.